The van der Waals surface area contributed by atoms with Crippen LogP contribution in [0.2, 0.25) is 0 Å². The molecule has 1 aromatic rings. The van der Waals surface area contributed by atoms with Gasteiger partial charge in [0.15, 0.2) is 0 Å². The zero-order chi connectivity index (χ0) is 12.6. The molecule has 98 valence electrons. The van der Waals surface area contributed by atoms with Crippen LogP contribution >= 0.6 is 0 Å². The summed E-state index contributed by atoms with van der Waals surface area (Å²) >= 11 is 0. The molecular weight excluding hydrogens is 286 g/mol. The van der Waals surface area contributed by atoms with Crippen LogP contribution in [0.25, 0.3) is 0 Å². The zero-order valence-corrected chi connectivity index (χ0v) is 12.5. The van der Waals surface area contributed by atoms with Gasteiger partial charge in [-0.05, 0) is 18.2 Å². The first-order valence-corrected chi connectivity index (χ1v) is 5.98. The standard InChI is InChI=1S/C16H22N.BrH/c1-4-12-17(13-5-2,14-6-3)15-16-10-8-7-9-11-16;/h4-11H,1-3,12-15H2;1H/q+1;/p-1. The van der Waals surface area contributed by atoms with Gasteiger partial charge in [0, 0.05) is 5.56 Å². The molecule has 2 heteroatoms. The Kier molecular flexibility index (Phi) is 8.34. The van der Waals surface area contributed by atoms with Gasteiger partial charge in [0.2, 0.25) is 0 Å². The Morgan fingerprint density at radius 2 is 1.28 bits per heavy atom. The molecule has 0 aliphatic heterocycles. The summed E-state index contributed by atoms with van der Waals surface area (Å²) in [5, 5.41) is 0. The number of nitrogens with zero attached hydrogens (tertiary/aromatic N) is 1. The third-order valence-corrected chi connectivity index (χ3v) is 2.91. The van der Waals surface area contributed by atoms with E-state index < -0.39 is 0 Å². The molecule has 0 saturated heterocycles. The fourth-order valence-electron chi connectivity index (χ4n) is 2.21. The molecule has 18 heavy (non-hydrogen) atoms. The summed E-state index contributed by atoms with van der Waals surface area (Å²) in [7, 11) is 0. The SMILES string of the molecule is C=CC[N+](CC=C)(CC=C)Cc1ccccc1.[Br-]. The summed E-state index contributed by atoms with van der Waals surface area (Å²) in [6, 6.07) is 10.6. The summed E-state index contributed by atoms with van der Waals surface area (Å²) in [4.78, 5) is 0. The van der Waals surface area contributed by atoms with Crippen molar-refractivity contribution in [3.63, 3.8) is 0 Å². The maximum atomic E-state index is 3.87. The predicted molar refractivity (Wildman–Crippen MR) is 75.6 cm³/mol. The molecule has 0 N–H and O–H groups in total. The molecule has 0 saturated carbocycles. The first-order valence-electron chi connectivity index (χ1n) is 5.98. The van der Waals surface area contributed by atoms with Gasteiger partial charge in [0.05, 0.1) is 19.6 Å². The normalized spacial score (nSPS) is 10.2. The number of halogens is 1. The molecule has 1 nitrogen and oxygen atoms in total. The van der Waals surface area contributed by atoms with E-state index in [9.17, 15) is 0 Å². The van der Waals surface area contributed by atoms with Crippen molar-refractivity contribution in [3.8, 4) is 0 Å². The van der Waals surface area contributed by atoms with Crippen molar-refractivity contribution in [2.24, 2.45) is 0 Å². The molecule has 0 heterocycles. The molecule has 0 atom stereocenters. The smallest absolute Gasteiger partial charge is 0.105 e. The number of rotatable bonds is 8. The number of benzene rings is 1. The van der Waals surface area contributed by atoms with E-state index in [1.165, 1.54) is 5.56 Å². The van der Waals surface area contributed by atoms with Crippen LogP contribution in [0.3, 0.4) is 0 Å². The molecule has 0 amide bonds. The van der Waals surface area contributed by atoms with Crippen molar-refractivity contribution in [2.45, 2.75) is 6.54 Å². The van der Waals surface area contributed by atoms with Crippen molar-refractivity contribution in [3.05, 3.63) is 73.9 Å². The summed E-state index contributed by atoms with van der Waals surface area (Å²) in [5.41, 5.74) is 1.35. The van der Waals surface area contributed by atoms with E-state index >= 15 is 0 Å². The fourth-order valence-corrected chi connectivity index (χ4v) is 2.21. The van der Waals surface area contributed by atoms with Gasteiger partial charge in [0.1, 0.15) is 6.54 Å². The van der Waals surface area contributed by atoms with E-state index in [1.54, 1.807) is 0 Å². The Morgan fingerprint density at radius 1 is 0.833 bits per heavy atom. The monoisotopic (exact) mass is 307 g/mol. The molecule has 0 aromatic heterocycles. The second-order valence-electron chi connectivity index (χ2n) is 4.40. The van der Waals surface area contributed by atoms with Gasteiger partial charge in [-0.25, -0.2) is 0 Å². The first-order chi connectivity index (χ1) is 8.26. The molecule has 1 rings (SSSR count). The minimum absolute atomic E-state index is 0. The maximum absolute atomic E-state index is 3.87. The molecule has 0 aliphatic rings. The third kappa shape index (κ3) is 5.03. The van der Waals surface area contributed by atoms with Crippen LogP contribution in [0, 0.1) is 0 Å². The van der Waals surface area contributed by atoms with E-state index in [1.807, 2.05) is 24.3 Å². The summed E-state index contributed by atoms with van der Waals surface area (Å²) < 4.78 is 0.917. The van der Waals surface area contributed by atoms with E-state index in [0.29, 0.717) is 0 Å². The lowest BCUT2D eigenvalue weighted by molar-refractivity contribution is -0.924. The Balaban J connectivity index is 0.00000289. The number of hydrogen-bond acceptors (Lipinski definition) is 0. The highest BCUT2D eigenvalue weighted by molar-refractivity contribution is 5.13. The van der Waals surface area contributed by atoms with E-state index in [-0.39, 0.29) is 17.0 Å². The molecule has 0 spiro atoms. The molecule has 0 aliphatic carbocycles. The third-order valence-electron chi connectivity index (χ3n) is 2.91. The van der Waals surface area contributed by atoms with Gasteiger partial charge in [-0.1, -0.05) is 50.1 Å². The van der Waals surface area contributed by atoms with Gasteiger partial charge < -0.3 is 21.5 Å². The van der Waals surface area contributed by atoms with Crippen molar-refractivity contribution in [1.82, 2.24) is 0 Å². The van der Waals surface area contributed by atoms with Crippen LogP contribution in [0.4, 0.5) is 0 Å². The fraction of sp³-hybridized carbons (Fsp3) is 0.250. The molecule has 0 bridgehead atoms. The van der Waals surface area contributed by atoms with Gasteiger partial charge in [-0.15, -0.1) is 0 Å². The van der Waals surface area contributed by atoms with Gasteiger partial charge >= 0.3 is 0 Å². The number of quaternary nitrogens is 1. The lowest BCUT2D eigenvalue weighted by Gasteiger charge is -2.36. The Morgan fingerprint density at radius 3 is 1.67 bits per heavy atom. The van der Waals surface area contributed by atoms with Crippen LogP contribution in [-0.2, 0) is 6.54 Å². The summed E-state index contributed by atoms with van der Waals surface area (Å²) in [5.74, 6) is 0. The van der Waals surface area contributed by atoms with Gasteiger partial charge in [-0.2, -0.15) is 0 Å². The minimum atomic E-state index is 0. The molecule has 0 radical (unpaired) electrons. The highest BCUT2D eigenvalue weighted by atomic mass is 79.9. The van der Waals surface area contributed by atoms with Crippen LogP contribution in [0.15, 0.2) is 68.3 Å². The molecule has 0 unspecified atom stereocenters. The Bertz CT molecular complexity index is 343. The average Bonchev–Trinajstić information content (AvgIpc) is 2.31. The maximum Gasteiger partial charge on any atom is 0.105 e. The van der Waals surface area contributed by atoms with Crippen LogP contribution < -0.4 is 17.0 Å². The highest BCUT2D eigenvalue weighted by Crippen LogP contribution is 2.15. The number of hydrogen-bond donors (Lipinski definition) is 0. The highest BCUT2D eigenvalue weighted by Gasteiger charge is 2.23. The zero-order valence-electron chi connectivity index (χ0n) is 10.9. The van der Waals surface area contributed by atoms with Crippen molar-refractivity contribution >= 4 is 0 Å². The van der Waals surface area contributed by atoms with E-state index in [0.717, 1.165) is 30.7 Å². The van der Waals surface area contributed by atoms with Gasteiger partial charge in [-0.3, -0.25) is 0 Å². The Hall–Kier alpha value is -1.12. The second kappa shape index (κ2) is 8.90. The van der Waals surface area contributed by atoms with Crippen LogP contribution in [0.1, 0.15) is 5.56 Å². The van der Waals surface area contributed by atoms with Crippen LogP contribution in [-0.4, -0.2) is 24.1 Å². The average molecular weight is 308 g/mol. The lowest BCUT2D eigenvalue weighted by Crippen LogP contribution is -3.00. The largest absolute Gasteiger partial charge is 1.00 e. The Labute approximate surface area is 121 Å². The van der Waals surface area contributed by atoms with Crippen molar-refractivity contribution < 1.29 is 21.5 Å². The summed E-state index contributed by atoms with van der Waals surface area (Å²) in [6.07, 6.45) is 5.95. The molecule has 0 fully saturated rings. The van der Waals surface area contributed by atoms with E-state index in [4.69, 9.17) is 0 Å². The van der Waals surface area contributed by atoms with Gasteiger partial charge in [0.25, 0.3) is 0 Å². The topological polar surface area (TPSA) is 0 Å². The summed E-state index contributed by atoms with van der Waals surface area (Å²) in [6.45, 7) is 15.4. The minimum Gasteiger partial charge on any atom is -1.00 e. The quantitative estimate of drug-likeness (QED) is 0.486. The predicted octanol–water partition coefficient (Wildman–Crippen LogP) is 0.565. The van der Waals surface area contributed by atoms with Crippen LogP contribution in [0.5, 0.6) is 0 Å². The van der Waals surface area contributed by atoms with E-state index in [2.05, 4.69) is 44.0 Å². The first kappa shape index (κ1) is 16.9. The second-order valence-corrected chi connectivity index (χ2v) is 4.40. The lowest BCUT2D eigenvalue weighted by atomic mass is 10.1. The van der Waals surface area contributed by atoms with Crippen molar-refractivity contribution in [1.29, 1.82) is 0 Å². The van der Waals surface area contributed by atoms with Crippen molar-refractivity contribution in [2.75, 3.05) is 19.6 Å². The molecule has 1 aromatic carbocycles. The molecular formula is C16H22BrN.